The minimum Gasteiger partial charge on any atom is -0.480 e. The Morgan fingerprint density at radius 2 is 1.82 bits per heavy atom. The molecule has 0 radical (unpaired) electrons. The van der Waals surface area contributed by atoms with Gasteiger partial charge in [0.15, 0.2) is 0 Å². The van der Waals surface area contributed by atoms with Crippen molar-refractivity contribution in [1.82, 2.24) is 10.6 Å². The van der Waals surface area contributed by atoms with Gasteiger partial charge in [-0.3, -0.25) is 14.4 Å². The first-order valence-electron chi connectivity index (χ1n) is 5.67. The second-order valence-corrected chi connectivity index (χ2v) is 4.77. The van der Waals surface area contributed by atoms with Gasteiger partial charge in [0, 0.05) is 6.54 Å². The summed E-state index contributed by atoms with van der Waals surface area (Å²) in [6.45, 7) is 4.30. The van der Waals surface area contributed by atoms with E-state index in [1.165, 1.54) is 0 Å². The summed E-state index contributed by atoms with van der Waals surface area (Å²) >= 11 is 0. The molecule has 1 rings (SSSR count). The number of nitrogens with one attached hydrogen (secondary N) is 2. The number of carboxylic acids is 1. The first-order valence-corrected chi connectivity index (χ1v) is 5.67. The number of amides is 2. The number of aliphatic carboxylic acids is 1. The molecule has 1 aliphatic rings. The number of carboxylic acid groups (broad SMARTS) is 1. The van der Waals surface area contributed by atoms with Crippen molar-refractivity contribution in [3.05, 3.63) is 0 Å². The molecule has 3 N–H and O–H groups in total. The summed E-state index contributed by atoms with van der Waals surface area (Å²) < 4.78 is 0. The van der Waals surface area contributed by atoms with E-state index in [1.807, 2.05) is 13.8 Å². The first-order chi connectivity index (χ1) is 7.88. The number of hydrogen-bond donors (Lipinski definition) is 3. The molecular weight excluding hydrogens is 224 g/mol. The zero-order valence-corrected chi connectivity index (χ0v) is 10.1. The van der Waals surface area contributed by atoms with Gasteiger partial charge < -0.3 is 15.7 Å². The van der Waals surface area contributed by atoms with Crippen LogP contribution in [0.15, 0.2) is 0 Å². The topological polar surface area (TPSA) is 95.5 Å². The molecular formula is C11H18N2O4. The molecule has 0 unspecified atom stereocenters. The average Bonchev–Trinajstić information content (AvgIpc) is 3.03. The lowest BCUT2D eigenvalue weighted by Crippen LogP contribution is -2.43. The quantitative estimate of drug-likeness (QED) is 0.559. The lowest BCUT2D eigenvalue weighted by atomic mass is 10.1. The molecule has 2 amide bonds. The minimum atomic E-state index is -1.28. The molecule has 0 heterocycles. The summed E-state index contributed by atoms with van der Waals surface area (Å²) in [6.07, 6.45) is 0.698. The molecule has 1 fully saturated rings. The van der Waals surface area contributed by atoms with Crippen molar-refractivity contribution in [3.63, 3.8) is 0 Å². The molecule has 0 aromatic carbocycles. The Hall–Kier alpha value is -1.59. The molecule has 1 saturated carbocycles. The van der Waals surface area contributed by atoms with Crippen LogP contribution in [0.1, 0.15) is 26.7 Å². The lowest BCUT2D eigenvalue weighted by Gasteiger charge is -2.11. The molecule has 0 atom stereocenters. The van der Waals surface area contributed by atoms with Crippen LogP contribution in [0, 0.1) is 11.3 Å². The van der Waals surface area contributed by atoms with Gasteiger partial charge in [-0.2, -0.15) is 0 Å². The molecule has 0 spiro atoms. The largest absolute Gasteiger partial charge is 0.480 e. The van der Waals surface area contributed by atoms with Crippen molar-refractivity contribution < 1.29 is 19.5 Å². The Kier molecular flexibility index (Phi) is 4.09. The Labute approximate surface area is 99.8 Å². The van der Waals surface area contributed by atoms with Crippen molar-refractivity contribution in [2.75, 3.05) is 13.1 Å². The van der Waals surface area contributed by atoms with E-state index >= 15 is 0 Å². The van der Waals surface area contributed by atoms with E-state index in [0.717, 1.165) is 0 Å². The molecule has 17 heavy (non-hydrogen) atoms. The molecule has 0 aliphatic heterocycles. The van der Waals surface area contributed by atoms with E-state index in [2.05, 4.69) is 10.6 Å². The van der Waals surface area contributed by atoms with E-state index in [4.69, 9.17) is 5.11 Å². The predicted molar refractivity (Wildman–Crippen MR) is 60.2 cm³/mol. The Balaban J connectivity index is 2.29. The van der Waals surface area contributed by atoms with Gasteiger partial charge in [0.05, 0.1) is 6.54 Å². The van der Waals surface area contributed by atoms with Crippen LogP contribution in [0.3, 0.4) is 0 Å². The van der Waals surface area contributed by atoms with Gasteiger partial charge in [-0.15, -0.1) is 0 Å². The number of carbonyl (C=O) groups excluding carboxylic acids is 2. The van der Waals surface area contributed by atoms with Crippen molar-refractivity contribution in [2.24, 2.45) is 11.3 Å². The van der Waals surface area contributed by atoms with E-state index in [9.17, 15) is 14.4 Å². The second-order valence-electron chi connectivity index (χ2n) is 4.77. The number of carbonyl (C=O) groups is 3. The molecule has 6 heteroatoms. The average molecular weight is 242 g/mol. The number of rotatable bonds is 6. The smallest absolute Gasteiger partial charge is 0.319 e. The van der Waals surface area contributed by atoms with Crippen LogP contribution >= 0.6 is 0 Å². The summed E-state index contributed by atoms with van der Waals surface area (Å²) in [6, 6.07) is 0. The van der Waals surface area contributed by atoms with Crippen LogP contribution in [0.4, 0.5) is 0 Å². The van der Waals surface area contributed by atoms with Gasteiger partial charge in [-0.1, -0.05) is 13.8 Å². The minimum absolute atomic E-state index is 0.166. The highest BCUT2D eigenvalue weighted by molar-refractivity contribution is 6.05. The van der Waals surface area contributed by atoms with Crippen LogP contribution in [0.5, 0.6) is 0 Å². The third-order valence-corrected chi connectivity index (χ3v) is 2.71. The van der Waals surface area contributed by atoms with Gasteiger partial charge in [0.2, 0.25) is 11.8 Å². The van der Waals surface area contributed by atoms with Crippen LogP contribution < -0.4 is 10.6 Å². The Morgan fingerprint density at radius 1 is 1.24 bits per heavy atom. The molecule has 0 saturated heterocycles. The molecule has 0 bridgehead atoms. The Bertz CT molecular complexity index is 334. The van der Waals surface area contributed by atoms with E-state index in [-0.39, 0.29) is 12.5 Å². The summed E-state index contributed by atoms with van der Waals surface area (Å²) in [7, 11) is 0. The summed E-state index contributed by atoms with van der Waals surface area (Å²) in [5, 5.41) is 13.9. The molecule has 0 aromatic heterocycles. The van der Waals surface area contributed by atoms with Crippen molar-refractivity contribution in [1.29, 1.82) is 0 Å². The standard InChI is InChI=1S/C11H18N2O4/c1-7(2)5-12-8(14)6-13-9(15)11(3-4-11)10(16)17/h7H,3-6H2,1-2H3,(H,12,14)(H,13,15)(H,16,17). The second kappa shape index (κ2) is 5.16. The lowest BCUT2D eigenvalue weighted by molar-refractivity contribution is -0.149. The van der Waals surface area contributed by atoms with Crippen LogP contribution in [-0.4, -0.2) is 36.0 Å². The van der Waals surface area contributed by atoms with Crippen molar-refractivity contribution in [3.8, 4) is 0 Å². The molecule has 6 nitrogen and oxygen atoms in total. The van der Waals surface area contributed by atoms with Crippen LogP contribution in [0.25, 0.3) is 0 Å². The maximum absolute atomic E-state index is 11.5. The Morgan fingerprint density at radius 3 is 2.24 bits per heavy atom. The highest BCUT2D eigenvalue weighted by Crippen LogP contribution is 2.45. The van der Waals surface area contributed by atoms with Gasteiger partial charge in [-0.25, -0.2) is 0 Å². The van der Waals surface area contributed by atoms with Gasteiger partial charge in [-0.05, 0) is 18.8 Å². The monoisotopic (exact) mass is 242 g/mol. The van der Waals surface area contributed by atoms with Gasteiger partial charge in [0.25, 0.3) is 0 Å². The fourth-order valence-electron chi connectivity index (χ4n) is 1.37. The molecule has 0 aromatic rings. The van der Waals surface area contributed by atoms with Crippen molar-refractivity contribution in [2.45, 2.75) is 26.7 Å². The third-order valence-electron chi connectivity index (χ3n) is 2.71. The van der Waals surface area contributed by atoms with Crippen LogP contribution in [0.2, 0.25) is 0 Å². The maximum atomic E-state index is 11.5. The number of hydrogen-bond acceptors (Lipinski definition) is 3. The van der Waals surface area contributed by atoms with E-state index in [1.54, 1.807) is 0 Å². The highest BCUT2D eigenvalue weighted by atomic mass is 16.4. The third kappa shape index (κ3) is 3.44. The zero-order valence-electron chi connectivity index (χ0n) is 10.1. The van der Waals surface area contributed by atoms with Gasteiger partial charge in [0.1, 0.15) is 5.41 Å². The summed E-state index contributed by atoms with van der Waals surface area (Å²) in [5.74, 6) is -1.64. The van der Waals surface area contributed by atoms with Crippen LogP contribution in [-0.2, 0) is 14.4 Å². The summed E-state index contributed by atoms with van der Waals surface area (Å²) in [4.78, 5) is 33.7. The fraction of sp³-hybridized carbons (Fsp3) is 0.727. The van der Waals surface area contributed by atoms with E-state index < -0.39 is 17.3 Å². The predicted octanol–water partition coefficient (Wildman–Crippen LogP) is -0.260. The SMILES string of the molecule is CC(C)CNC(=O)CNC(=O)C1(C(=O)O)CC1. The maximum Gasteiger partial charge on any atom is 0.319 e. The molecule has 1 aliphatic carbocycles. The molecule has 96 valence electrons. The fourth-order valence-corrected chi connectivity index (χ4v) is 1.37. The summed E-state index contributed by atoms with van der Waals surface area (Å²) in [5.41, 5.74) is -1.28. The van der Waals surface area contributed by atoms with E-state index in [0.29, 0.717) is 25.3 Å². The zero-order chi connectivity index (χ0) is 13.1. The van der Waals surface area contributed by atoms with Gasteiger partial charge >= 0.3 is 5.97 Å². The highest BCUT2D eigenvalue weighted by Gasteiger charge is 2.57. The first kappa shape index (κ1) is 13.5. The van der Waals surface area contributed by atoms with Crippen molar-refractivity contribution >= 4 is 17.8 Å². The normalized spacial score (nSPS) is 16.4.